The number of carboxylic acids is 2. The topological polar surface area (TPSA) is 115 Å². The Labute approximate surface area is 154 Å². The zero-order valence-electron chi connectivity index (χ0n) is 14.2. The quantitative estimate of drug-likeness (QED) is 0.754. The fourth-order valence-electron chi connectivity index (χ4n) is 4.42. The van der Waals surface area contributed by atoms with E-state index in [1.807, 2.05) is 0 Å². The van der Waals surface area contributed by atoms with E-state index < -0.39 is 35.0 Å². The summed E-state index contributed by atoms with van der Waals surface area (Å²) in [5.41, 5.74) is -3.16. The molecule has 2 aliphatic heterocycles. The van der Waals surface area contributed by atoms with Gasteiger partial charge in [0.1, 0.15) is 11.5 Å². The first-order valence-electron chi connectivity index (χ1n) is 8.49. The number of carbonyl (C=O) groups is 3. The smallest absolute Gasteiger partial charge is 0.330 e. The third kappa shape index (κ3) is 2.15. The van der Waals surface area contributed by atoms with Crippen LogP contribution in [0.3, 0.4) is 0 Å². The maximum atomic E-state index is 13.1. The molecule has 2 heterocycles. The van der Waals surface area contributed by atoms with Crippen molar-refractivity contribution >= 4 is 17.8 Å². The summed E-state index contributed by atoms with van der Waals surface area (Å²) in [5, 5.41) is 31.2. The maximum absolute atomic E-state index is 13.1. The molecule has 1 saturated heterocycles. The van der Waals surface area contributed by atoms with Crippen molar-refractivity contribution in [2.75, 3.05) is 0 Å². The van der Waals surface area contributed by atoms with Crippen LogP contribution >= 0.6 is 0 Å². The summed E-state index contributed by atoms with van der Waals surface area (Å²) in [4.78, 5) is 38.3. The highest BCUT2D eigenvalue weighted by molar-refractivity contribution is 6.04. The maximum Gasteiger partial charge on any atom is 0.330 e. The monoisotopic (exact) mass is 367 g/mol. The highest BCUT2D eigenvalue weighted by atomic mass is 16.4. The fourth-order valence-corrected chi connectivity index (χ4v) is 4.42. The molecule has 7 heteroatoms. The van der Waals surface area contributed by atoms with Crippen LogP contribution in [0.4, 0.5) is 0 Å². The molecular formula is C20H17NO6. The lowest BCUT2D eigenvalue weighted by Crippen LogP contribution is -2.58. The summed E-state index contributed by atoms with van der Waals surface area (Å²) in [7, 11) is 0. The summed E-state index contributed by atoms with van der Waals surface area (Å²) in [5.74, 6) is -4.81. The molecule has 0 radical (unpaired) electrons. The van der Waals surface area contributed by atoms with Gasteiger partial charge in [-0.3, -0.25) is 14.5 Å². The van der Waals surface area contributed by atoms with Crippen LogP contribution < -0.4 is 0 Å². The van der Waals surface area contributed by atoms with Gasteiger partial charge in [0.25, 0.3) is 5.91 Å². The number of aliphatic hydroxyl groups is 1. The van der Waals surface area contributed by atoms with Gasteiger partial charge >= 0.3 is 11.9 Å². The number of carboxylic acid groups (broad SMARTS) is 2. The molecule has 1 amide bonds. The first-order valence-corrected chi connectivity index (χ1v) is 8.49. The number of rotatable bonds is 4. The van der Waals surface area contributed by atoms with Gasteiger partial charge in [0.2, 0.25) is 0 Å². The van der Waals surface area contributed by atoms with Gasteiger partial charge in [-0.05, 0) is 11.6 Å². The van der Waals surface area contributed by atoms with E-state index >= 15 is 0 Å². The molecule has 2 aromatic carbocycles. The van der Waals surface area contributed by atoms with Crippen LogP contribution in [0.25, 0.3) is 0 Å². The van der Waals surface area contributed by atoms with Crippen LogP contribution in [0.2, 0.25) is 0 Å². The summed E-state index contributed by atoms with van der Waals surface area (Å²) >= 11 is 0. The number of hydrogen-bond donors (Lipinski definition) is 3. The number of nitrogens with zero attached hydrogens (tertiary/aromatic N) is 1. The Morgan fingerprint density at radius 1 is 1.04 bits per heavy atom. The predicted molar refractivity (Wildman–Crippen MR) is 92.8 cm³/mol. The Morgan fingerprint density at radius 2 is 1.67 bits per heavy atom. The van der Waals surface area contributed by atoms with Gasteiger partial charge in [0.15, 0.2) is 5.72 Å². The van der Waals surface area contributed by atoms with E-state index in [1.165, 1.54) is 12.1 Å². The SMILES string of the molecule is O=C(O)[C@H]1C[C@](Cc2ccccc2)(C(=O)O)N2C(=O)c3ccccc3[C@]12O. The Bertz CT molecular complexity index is 958. The van der Waals surface area contributed by atoms with E-state index in [2.05, 4.69) is 0 Å². The van der Waals surface area contributed by atoms with Crippen LogP contribution in [-0.4, -0.2) is 43.6 Å². The molecule has 2 aromatic rings. The molecule has 0 unspecified atom stereocenters. The zero-order chi connectivity index (χ0) is 19.4. The molecule has 3 atom stereocenters. The molecule has 1 fully saturated rings. The number of aliphatic carboxylic acids is 2. The van der Waals surface area contributed by atoms with Crippen molar-refractivity contribution < 1.29 is 29.7 Å². The lowest BCUT2D eigenvalue weighted by molar-refractivity contribution is -0.168. The van der Waals surface area contributed by atoms with Gasteiger partial charge in [0.05, 0.1) is 0 Å². The highest BCUT2D eigenvalue weighted by Gasteiger charge is 2.71. The van der Waals surface area contributed by atoms with Crippen LogP contribution in [0.1, 0.15) is 27.9 Å². The minimum absolute atomic E-state index is 0.102. The molecule has 138 valence electrons. The Hall–Kier alpha value is -3.19. The van der Waals surface area contributed by atoms with Gasteiger partial charge in [-0.15, -0.1) is 0 Å². The van der Waals surface area contributed by atoms with Crippen molar-refractivity contribution in [3.8, 4) is 0 Å². The van der Waals surface area contributed by atoms with Crippen molar-refractivity contribution in [2.45, 2.75) is 24.1 Å². The lowest BCUT2D eigenvalue weighted by Gasteiger charge is -2.38. The molecule has 0 aliphatic carbocycles. The zero-order valence-corrected chi connectivity index (χ0v) is 14.2. The molecule has 4 rings (SSSR count). The van der Waals surface area contributed by atoms with Crippen LogP contribution in [-0.2, 0) is 21.7 Å². The first-order chi connectivity index (χ1) is 12.8. The van der Waals surface area contributed by atoms with E-state index in [9.17, 15) is 29.7 Å². The van der Waals surface area contributed by atoms with E-state index in [4.69, 9.17) is 0 Å². The third-order valence-corrected chi connectivity index (χ3v) is 5.59. The minimum atomic E-state index is -2.20. The van der Waals surface area contributed by atoms with Crippen molar-refractivity contribution in [3.63, 3.8) is 0 Å². The molecule has 7 nitrogen and oxygen atoms in total. The summed E-state index contributed by atoms with van der Waals surface area (Å²) < 4.78 is 0. The normalized spacial score (nSPS) is 28.7. The molecule has 2 aliphatic rings. The van der Waals surface area contributed by atoms with Crippen molar-refractivity contribution in [3.05, 3.63) is 71.3 Å². The highest BCUT2D eigenvalue weighted by Crippen LogP contribution is 2.56. The molecule has 0 saturated carbocycles. The van der Waals surface area contributed by atoms with E-state index in [0.29, 0.717) is 5.56 Å². The molecule has 0 bridgehead atoms. The standard InChI is InChI=1S/C20H17NO6/c22-16-13-8-4-5-9-14(13)20(27)15(17(23)24)11-19(18(25)26,21(16)20)10-12-6-2-1-3-7-12/h1-9,15,27H,10-11H2,(H,23,24)(H,25,26)/t15-,19-,20+/m1/s1. The van der Waals surface area contributed by atoms with E-state index in [-0.39, 0.29) is 24.0 Å². The average molecular weight is 367 g/mol. The summed E-state index contributed by atoms with van der Waals surface area (Å²) in [6.45, 7) is 0. The Kier molecular flexibility index (Phi) is 3.61. The van der Waals surface area contributed by atoms with Gasteiger partial charge in [-0.25, -0.2) is 4.79 Å². The van der Waals surface area contributed by atoms with Crippen LogP contribution in [0, 0.1) is 5.92 Å². The van der Waals surface area contributed by atoms with Crippen molar-refractivity contribution in [1.29, 1.82) is 0 Å². The largest absolute Gasteiger partial charge is 0.481 e. The fraction of sp³-hybridized carbons (Fsp3) is 0.250. The number of carbonyl (C=O) groups excluding carboxylic acids is 1. The third-order valence-electron chi connectivity index (χ3n) is 5.59. The summed E-state index contributed by atoms with van der Waals surface area (Å²) in [6, 6.07) is 14.8. The van der Waals surface area contributed by atoms with Crippen LogP contribution in [0.5, 0.6) is 0 Å². The second kappa shape index (κ2) is 5.65. The summed E-state index contributed by atoms with van der Waals surface area (Å²) in [6.07, 6.45) is -0.488. The van der Waals surface area contributed by atoms with Gasteiger partial charge in [0, 0.05) is 24.0 Å². The number of fused-ring (bicyclic) bond motifs is 3. The molecule has 3 N–H and O–H groups in total. The second-order valence-corrected chi connectivity index (χ2v) is 7.01. The molecule has 27 heavy (non-hydrogen) atoms. The van der Waals surface area contributed by atoms with Gasteiger partial charge in [-0.2, -0.15) is 0 Å². The minimum Gasteiger partial charge on any atom is -0.481 e. The second-order valence-electron chi connectivity index (χ2n) is 7.01. The molecular weight excluding hydrogens is 350 g/mol. The average Bonchev–Trinajstić information content (AvgIpc) is 3.05. The Balaban J connectivity index is 1.94. The Morgan fingerprint density at radius 3 is 2.30 bits per heavy atom. The number of hydrogen-bond acceptors (Lipinski definition) is 4. The van der Waals surface area contributed by atoms with Gasteiger partial charge in [-0.1, -0.05) is 48.5 Å². The molecule has 0 spiro atoms. The number of amides is 1. The van der Waals surface area contributed by atoms with Gasteiger partial charge < -0.3 is 15.3 Å². The van der Waals surface area contributed by atoms with Crippen molar-refractivity contribution in [2.24, 2.45) is 5.92 Å². The van der Waals surface area contributed by atoms with E-state index in [0.717, 1.165) is 4.90 Å². The first kappa shape index (κ1) is 17.2. The van der Waals surface area contributed by atoms with Crippen LogP contribution in [0.15, 0.2) is 54.6 Å². The number of benzene rings is 2. The predicted octanol–water partition coefficient (Wildman–Crippen LogP) is 1.46. The van der Waals surface area contributed by atoms with E-state index in [1.54, 1.807) is 42.5 Å². The molecule has 0 aromatic heterocycles. The van der Waals surface area contributed by atoms with Crippen molar-refractivity contribution in [1.82, 2.24) is 4.90 Å². The lowest BCUT2D eigenvalue weighted by atomic mass is 9.82.